The van der Waals surface area contributed by atoms with Gasteiger partial charge in [-0.15, -0.1) is 0 Å². The van der Waals surface area contributed by atoms with Crippen molar-refractivity contribution in [3.63, 3.8) is 0 Å². The van der Waals surface area contributed by atoms with Crippen molar-refractivity contribution in [1.82, 2.24) is 56.8 Å². The van der Waals surface area contributed by atoms with Crippen LogP contribution in [0.3, 0.4) is 0 Å². The van der Waals surface area contributed by atoms with Crippen molar-refractivity contribution in [3.8, 4) is 23.0 Å². The zero-order valence-corrected chi connectivity index (χ0v) is 69.8. The van der Waals surface area contributed by atoms with Gasteiger partial charge in [0.1, 0.15) is 40.8 Å². The molecular formula is C83H82F8N12O19S4. The number of ether oxygens (including phenoxy) is 4. The van der Waals surface area contributed by atoms with Crippen LogP contribution in [0.25, 0.3) is 0 Å². The molecule has 0 fully saturated rings. The highest BCUT2D eigenvalue weighted by Crippen LogP contribution is 2.38. The van der Waals surface area contributed by atoms with Crippen molar-refractivity contribution < 1.29 is 122 Å². The smallest absolute Gasteiger partial charge is 0.387 e. The summed E-state index contributed by atoms with van der Waals surface area (Å²) in [5.41, 5.74) is 9.05. The highest BCUT2D eigenvalue weighted by atomic mass is 32.2. The predicted octanol–water partition coefficient (Wildman–Crippen LogP) is 6.88. The van der Waals surface area contributed by atoms with E-state index in [2.05, 4.69) is 38.9 Å². The lowest BCUT2D eigenvalue weighted by Gasteiger charge is -2.25. The molecule has 3 N–H and O–H groups in total. The predicted molar refractivity (Wildman–Crippen MR) is 432 cm³/mol. The molecule has 126 heavy (non-hydrogen) atoms. The van der Waals surface area contributed by atoms with Crippen LogP contribution in [0.1, 0.15) is 40.5 Å². The Morgan fingerprint density at radius 3 is 0.698 bits per heavy atom. The number of carbonyl (C=O) groups is 4. The fourth-order valence-electron chi connectivity index (χ4n) is 15.3. The number of rotatable bonds is 27. The van der Waals surface area contributed by atoms with Gasteiger partial charge in [0.15, 0.2) is 0 Å². The summed E-state index contributed by atoms with van der Waals surface area (Å²) in [5.74, 6) is -3.62. The highest BCUT2D eigenvalue weighted by molar-refractivity contribution is 7.90. The molecule has 0 saturated heterocycles. The van der Waals surface area contributed by atoms with E-state index in [0.717, 1.165) is 44.6 Å². The number of hydrogen-bond acceptors (Lipinski definition) is 23. The van der Waals surface area contributed by atoms with Crippen LogP contribution in [-0.4, -0.2) is 280 Å². The van der Waals surface area contributed by atoms with E-state index in [1.165, 1.54) is 114 Å². The number of alkyl halides is 8. The normalized spacial score (nSPS) is 17.5. The molecular weight excluding hydrogens is 1750 g/mol. The number of carbonyl (C=O) groups excluding carboxylic acids is 4. The van der Waals surface area contributed by atoms with Crippen molar-refractivity contribution in [2.75, 3.05) is 125 Å². The van der Waals surface area contributed by atoms with Crippen LogP contribution in [0.2, 0.25) is 0 Å². The van der Waals surface area contributed by atoms with E-state index in [1.807, 2.05) is 6.07 Å². The molecule has 12 heterocycles. The topological polar surface area (TPSA) is 380 Å². The van der Waals surface area contributed by atoms with E-state index in [0.29, 0.717) is 35.9 Å². The number of benzene rings is 4. The Bertz CT molecular complexity index is 5380. The number of halogens is 8. The number of aromatic nitrogens is 4. The molecule has 1 unspecified atom stereocenters. The van der Waals surface area contributed by atoms with Gasteiger partial charge < -0.3 is 53.9 Å². The number of hydrogen-bond donors (Lipinski definition) is 3. The maximum Gasteiger partial charge on any atom is 0.387 e. The Labute approximate surface area is 718 Å². The summed E-state index contributed by atoms with van der Waals surface area (Å²) >= 11 is 0. The van der Waals surface area contributed by atoms with Crippen LogP contribution >= 0.6 is 0 Å². The van der Waals surface area contributed by atoms with E-state index in [1.54, 1.807) is 111 Å². The maximum atomic E-state index is 12.9. The third kappa shape index (κ3) is 21.6. The van der Waals surface area contributed by atoms with Gasteiger partial charge in [-0.1, -0.05) is 24.3 Å². The Balaban J connectivity index is 0.000000144. The molecule has 4 aromatic carbocycles. The van der Waals surface area contributed by atoms with Gasteiger partial charge in [-0.05, 0) is 190 Å². The van der Waals surface area contributed by atoms with Crippen molar-refractivity contribution in [3.05, 3.63) is 262 Å². The molecule has 43 heteroatoms. The molecule has 8 aliphatic heterocycles. The number of pyridine rings is 4. The van der Waals surface area contributed by atoms with Crippen molar-refractivity contribution in [2.24, 2.45) is 0 Å². The monoisotopic (exact) mass is 1830 g/mol. The summed E-state index contributed by atoms with van der Waals surface area (Å²) < 4.78 is 224. The molecule has 31 nitrogen and oxygen atoms in total. The van der Waals surface area contributed by atoms with Crippen molar-refractivity contribution in [1.29, 1.82) is 0 Å². The first kappa shape index (κ1) is 92.2. The second kappa shape index (κ2) is 40.0. The van der Waals surface area contributed by atoms with Gasteiger partial charge in [0, 0.05) is 135 Å². The number of sulfonamides is 4. The van der Waals surface area contributed by atoms with Crippen molar-refractivity contribution >= 4 is 63.7 Å². The average molecular weight is 1830 g/mol. The fraction of sp³-hybridized carbons (Fsp3) is 0.325. The summed E-state index contributed by atoms with van der Waals surface area (Å²) in [5, 5.41) is 29.1. The molecule has 0 bridgehead atoms. The number of aliphatic hydroxyl groups excluding tert-OH is 3. The molecule has 668 valence electrons. The van der Waals surface area contributed by atoms with Crippen LogP contribution in [-0.2, 0) is 65.7 Å². The Morgan fingerprint density at radius 2 is 0.508 bits per heavy atom. The molecule has 4 amide bonds. The average Bonchev–Trinajstić information content (AvgIpc) is 1.63. The lowest BCUT2D eigenvalue weighted by Crippen LogP contribution is -2.39. The minimum absolute atomic E-state index is 0.00775. The Kier molecular flexibility index (Phi) is 29.2. The van der Waals surface area contributed by atoms with Gasteiger partial charge in [-0.2, -0.15) is 52.3 Å². The second-order valence-corrected chi connectivity index (χ2v) is 37.4. The molecule has 0 saturated carbocycles. The lowest BCUT2D eigenvalue weighted by atomic mass is 10.0. The van der Waals surface area contributed by atoms with Crippen LogP contribution in [0, 0.1) is 0 Å². The maximum absolute atomic E-state index is 12.9. The van der Waals surface area contributed by atoms with E-state index in [9.17, 15) is 103 Å². The van der Waals surface area contributed by atoms with E-state index < -0.39 is 84.3 Å². The Morgan fingerprint density at radius 1 is 0.294 bits per heavy atom. The molecule has 0 radical (unpaired) electrons. The first-order valence-corrected chi connectivity index (χ1v) is 44.6. The van der Waals surface area contributed by atoms with Crippen molar-refractivity contribution in [2.45, 2.75) is 70.2 Å². The molecule has 0 spiro atoms. The molecule has 4 aromatic heterocycles. The Hall–Kier alpha value is -11.5. The third-order valence-corrected chi connectivity index (χ3v) is 28.9. The summed E-state index contributed by atoms with van der Waals surface area (Å²) in [6.45, 7) is -9.29. The van der Waals surface area contributed by atoms with Gasteiger partial charge in [-0.3, -0.25) is 39.1 Å². The first-order valence-electron chi connectivity index (χ1n) is 38.8. The SMILES string of the molecule is O=C(C(CO)c1ccccn1)N1CC2=C(C1)CN(S(=O)(=O)c1ccc(OC(F)F)cc1)C2.O=C(Cc1ccccn1)N1CC2=C(C1)CN(S(=O)(=O)c1ccc(OC(F)F)cc1)C2.O=C([C@@H](CO)c1ccccn1)N1CC2=C(C1)CN(S(=O)(=O)c1ccc(OC(F)F)cc1)C2.O=C([C@H](CO)c1ccccn1)N1CC2=C(C1)CN(S(=O)(=O)c1ccc(OC(F)F)cc1)C2. The fourth-order valence-corrected chi connectivity index (χ4v) is 21.1. The summed E-state index contributed by atoms with van der Waals surface area (Å²) in [6.07, 6.45) is 6.52. The van der Waals surface area contributed by atoms with E-state index in [-0.39, 0.29) is 184 Å². The van der Waals surface area contributed by atoms with E-state index >= 15 is 0 Å². The zero-order valence-electron chi connectivity index (χ0n) is 66.6. The highest BCUT2D eigenvalue weighted by Gasteiger charge is 2.44. The summed E-state index contributed by atoms with van der Waals surface area (Å²) in [6, 6.07) is 40.2. The van der Waals surface area contributed by atoms with Gasteiger partial charge in [-0.25, -0.2) is 33.7 Å². The zero-order chi connectivity index (χ0) is 89.9. The lowest BCUT2D eigenvalue weighted by molar-refractivity contribution is -0.133. The van der Waals surface area contributed by atoms with E-state index in [4.69, 9.17) is 0 Å². The molecule has 0 aliphatic carbocycles. The largest absolute Gasteiger partial charge is 0.435 e. The van der Waals surface area contributed by atoms with Crippen LogP contribution in [0.15, 0.2) is 259 Å². The number of aliphatic hydroxyl groups is 3. The standard InChI is InChI=1S/3C21H21F2N3O5S.C20H19F2N3O4S/c3*22-21(23)31-16-4-6-17(7-5-16)32(29,30)26-11-14-9-25(10-15(14)12-26)20(28)18(13-27)19-3-1-2-8-24-19;21-20(22)29-17-4-6-18(7-5-17)30(27,28)25-12-14-10-24(11-15(14)13-25)19(26)9-16-3-1-2-8-23-16/h3*1-8,18,21,27H,9-13H2;1-8,20H,9-13H2/t2*18-;;/m10../s1. The summed E-state index contributed by atoms with van der Waals surface area (Å²) in [4.78, 5) is 74.3. The molecule has 8 aliphatic rings. The number of nitrogens with zero attached hydrogens (tertiary/aromatic N) is 12. The van der Waals surface area contributed by atoms with Gasteiger partial charge in [0.05, 0.1) is 62.9 Å². The minimum atomic E-state index is -3.83. The second-order valence-electron chi connectivity index (χ2n) is 29.6. The number of amides is 4. The van der Waals surface area contributed by atoms with Crippen LogP contribution < -0.4 is 18.9 Å². The first-order chi connectivity index (χ1) is 60.2. The quantitative estimate of drug-likeness (QED) is 0.0349. The summed E-state index contributed by atoms with van der Waals surface area (Å²) in [7, 11) is -15.3. The molecule has 8 aromatic rings. The van der Waals surface area contributed by atoms with Crippen LogP contribution in [0.5, 0.6) is 23.0 Å². The van der Waals surface area contributed by atoms with Gasteiger partial charge in [0.25, 0.3) is 0 Å². The molecule has 16 rings (SSSR count). The van der Waals surface area contributed by atoms with Crippen LogP contribution in [0.4, 0.5) is 35.1 Å². The third-order valence-electron chi connectivity index (χ3n) is 21.7. The minimum Gasteiger partial charge on any atom is -0.435 e. The molecule has 3 atom stereocenters. The van der Waals surface area contributed by atoms with Gasteiger partial charge >= 0.3 is 26.4 Å². The van der Waals surface area contributed by atoms with Gasteiger partial charge in [0.2, 0.25) is 63.7 Å².